The zero-order valence-corrected chi connectivity index (χ0v) is 10.4. The van der Waals surface area contributed by atoms with E-state index in [4.69, 9.17) is 5.26 Å². The van der Waals surface area contributed by atoms with Crippen molar-refractivity contribution < 1.29 is 4.39 Å². The van der Waals surface area contributed by atoms with Crippen LogP contribution in [0.15, 0.2) is 42.6 Å². The van der Waals surface area contributed by atoms with E-state index in [9.17, 15) is 4.39 Å². The molecule has 96 valence electrons. The molecule has 0 aliphatic heterocycles. The Morgan fingerprint density at radius 1 is 1.21 bits per heavy atom. The molecule has 19 heavy (non-hydrogen) atoms. The van der Waals surface area contributed by atoms with Crippen LogP contribution < -0.4 is 5.32 Å². The van der Waals surface area contributed by atoms with Crippen LogP contribution in [0.5, 0.6) is 0 Å². The first-order chi connectivity index (χ1) is 9.29. The number of benzene rings is 1. The normalized spacial score (nSPS) is 10.1. The lowest BCUT2D eigenvalue weighted by atomic mass is 10.1. The lowest BCUT2D eigenvalue weighted by molar-refractivity contribution is 0.626. The van der Waals surface area contributed by atoms with Crippen molar-refractivity contribution in [2.24, 2.45) is 0 Å². The lowest BCUT2D eigenvalue weighted by Gasteiger charge is -2.06. The monoisotopic (exact) mass is 255 g/mol. The molecular weight excluding hydrogens is 241 g/mol. The SMILES string of the molecule is N#Cc1ncccc1CNCCc1ccc(F)cc1. The van der Waals surface area contributed by atoms with Crippen molar-refractivity contribution in [3.63, 3.8) is 0 Å². The molecule has 2 rings (SSSR count). The third-order valence-corrected chi connectivity index (χ3v) is 2.82. The molecule has 1 heterocycles. The zero-order chi connectivity index (χ0) is 13.5. The van der Waals surface area contributed by atoms with Crippen molar-refractivity contribution >= 4 is 0 Å². The van der Waals surface area contributed by atoms with E-state index < -0.39 is 0 Å². The Balaban J connectivity index is 1.81. The molecule has 0 radical (unpaired) electrons. The Bertz CT molecular complexity index is 573. The van der Waals surface area contributed by atoms with E-state index in [1.807, 2.05) is 12.1 Å². The average molecular weight is 255 g/mol. The zero-order valence-electron chi connectivity index (χ0n) is 10.4. The number of nitrogens with zero attached hydrogens (tertiary/aromatic N) is 2. The van der Waals surface area contributed by atoms with Crippen molar-refractivity contribution in [3.8, 4) is 6.07 Å². The molecule has 0 bridgehead atoms. The van der Waals surface area contributed by atoms with Gasteiger partial charge < -0.3 is 5.32 Å². The van der Waals surface area contributed by atoms with Gasteiger partial charge in [-0.1, -0.05) is 18.2 Å². The summed E-state index contributed by atoms with van der Waals surface area (Å²) in [4.78, 5) is 4.00. The number of hydrogen-bond donors (Lipinski definition) is 1. The molecule has 4 heteroatoms. The third-order valence-electron chi connectivity index (χ3n) is 2.82. The maximum absolute atomic E-state index is 12.7. The smallest absolute Gasteiger partial charge is 0.144 e. The van der Waals surface area contributed by atoms with E-state index in [0.717, 1.165) is 24.1 Å². The van der Waals surface area contributed by atoms with Crippen LogP contribution in [-0.2, 0) is 13.0 Å². The van der Waals surface area contributed by atoms with Gasteiger partial charge in [0.15, 0.2) is 0 Å². The number of hydrogen-bond acceptors (Lipinski definition) is 3. The second-order valence-electron chi connectivity index (χ2n) is 4.18. The largest absolute Gasteiger partial charge is 0.312 e. The number of pyridine rings is 1. The van der Waals surface area contributed by atoms with E-state index in [0.29, 0.717) is 12.2 Å². The molecule has 0 aliphatic carbocycles. The van der Waals surface area contributed by atoms with Gasteiger partial charge in [-0.25, -0.2) is 9.37 Å². The molecule has 1 aromatic heterocycles. The maximum Gasteiger partial charge on any atom is 0.144 e. The van der Waals surface area contributed by atoms with Crippen LogP contribution in [0.4, 0.5) is 4.39 Å². The fourth-order valence-corrected chi connectivity index (χ4v) is 1.79. The molecule has 2 aromatic rings. The second-order valence-corrected chi connectivity index (χ2v) is 4.18. The summed E-state index contributed by atoms with van der Waals surface area (Å²) in [5.41, 5.74) is 2.43. The van der Waals surface area contributed by atoms with Crippen LogP contribution in [-0.4, -0.2) is 11.5 Å². The molecule has 3 nitrogen and oxygen atoms in total. The van der Waals surface area contributed by atoms with Crippen molar-refractivity contribution in [1.29, 1.82) is 5.26 Å². The fourth-order valence-electron chi connectivity index (χ4n) is 1.79. The number of aromatic nitrogens is 1. The average Bonchev–Trinajstić information content (AvgIpc) is 2.46. The number of nitriles is 1. The van der Waals surface area contributed by atoms with Crippen LogP contribution in [0.3, 0.4) is 0 Å². The lowest BCUT2D eigenvalue weighted by Crippen LogP contribution is -2.17. The molecule has 0 spiro atoms. The highest BCUT2D eigenvalue weighted by atomic mass is 19.1. The molecular formula is C15H14FN3. The Kier molecular flexibility index (Phi) is 4.60. The molecule has 0 atom stereocenters. The third kappa shape index (κ3) is 3.87. The molecule has 0 amide bonds. The molecule has 0 saturated heterocycles. The molecule has 1 N–H and O–H groups in total. The van der Waals surface area contributed by atoms with Crippen LogP contribution >= 0.6 is 0 Å². The molecule has 0 fully saturated rings. The Morgan fingerprint density at radius 3 is 2.74 bits per heavy atom. The minimum absolute atomic E-state index is 0.217. The Hall–Kier alpha value is -2.25. The predicted octanol–water partition coefficient (Wildman–Crippen LogP) is 2.42. The first kappa shape index (κ1) is 13.2. The summed E-state index contributed by atoms with van der Waals surface area (Å²) in [5.74, 6) is -0.217. The summed E-state index contributed by atoms with van der Waals surface area (Å²) in [6.45, 7) is 1.38. The van der Waals surface area contributed by atoms with Crippen molar-refractivity contribution in [2.45, 2.75) is 13.0 Å². The first-order valence-corrected chi connectivity index (χ1v) is 6.09. The van der Waals surface area contributed by atoms with E-state index in [1.165, 1.54) is 12.1 Å². The summed E-state index contributed by atoms with van der Waals surface area (Å²) >= 11 is 0. The highest BCUT2D eigenvalue weighted by Crippen LogP contribution is 2.05. The summed E-state index contributed by atoms with van der Waals surface area (Å²) in [7, 11) is 0. The highest BCUT2D eigenvalue weighted by Gasteiger charge is 2.01. The fraction of sp³-hybridized carbons (Fsp3) is 0.200. The Labute approximate surface area is 111 Å². The molecule has 0 aliphatic rings. The van der Waals surface area contributed by atoms with Gasteiger partial charge in [0.2, 0.25) is 0 Å². The van der Waals surface area contributed by atoms with Gasteiger partial charge in [0, 0.05) is 18.3 Å². The quantitative estimate of drug-likeness (QED) is 0.835. The van der Waals surface area contributed by atoms with Gasteiger partial charge in [0.05, 0.1) is 0 Å². The van der Waals surface area contributed by atoms with Crippen LogP contribution in [0.2, 0.25) is 0 Å². The van der Waals surface area contributed by atoms with Gasteiger partial charge in [-0.2, -0.15) is 5.26 Å². The summed E-state index contributed by atoms with van der Waals surface area (Å²) in [5, 5.41) is 12.2. The summed E-state index contributed by atoms with van der Waals surface area (Å²) in [6, 6.07) is 12.3. The highest BCUT2D eigenvalue weighted by molar-refractivity contribution is 5.30. The van der Waals surface area contributed by atoms with Crippen molar-refractivity contribution in [3.05, 3.63) is 65.2 Å². The van der Waals surface area contributed by atoms with Gasteiger partial charge in [-0.05, 0) is 36.7 Å². The van der Waals surface area contributed by atoms with Gasteiger partial charge in [-0.15, -0.1) is 0 Å². The van der Waals surface area contributed by atoms with Crippen LogP contribution in [0.1, 0.15) is 16.8 Å². The van der Waals surface area contributed by atoms with Crippen LogP contribution in [0, 0.1) is 17.1 Å². The minimum Gasteiger partial charge on any atom is -0.312 e. The summed E-state index contributed by atoms with van der Waals surface area (Å²) in [6.07, 6.45) is 2.43. The first-order valence-electron chi connectivity index (χ1n) is 6.09. The molecule has 0 saturated carbocycles. The van der Waals surface area contributed by atoms with E-state index in [1.54, 1.807) is 18.3 Å². The Morgan fingerprint density at radius 2 is 2.00 bits per heavy atom. The minimum atomic E-state index is -0.217. The van der Waals surface area contributed by atoms with Gasteiger partial charge in [0.1, 0.15) is 17.6 Å². The van der Waals surface area contributed by atoms with Gasteiger partial charge in [-0.3, -0.25) is 0 Å². The van der Waals surface area contributed by atoms with E-state index >= 15 is 0 Å². The molecule has 1 aromatic carbocycles. The van der Waals surface area contributed by atoms with E-state index in [-0.39, 0.29) is 5.82 Å². The predicted molar refractivity (Wildman–Crippen MR) is 70.8 cm³/mol. The van der Waals surface area contributed by atoms with Gasteiger partial charge >= 0.3 is 0 Å². The van der Waals surface area contributed by atoms with E-state index in [2.05, 4.69) is 16.4 Å². The standard InChI is InChI=1S/C15H14FN3/c16-14-5-3-12(4-6-14)7-9-18-11-13-2-1-8-19-15(13)10-17/h1-6,8,18H,7,9,11H2. The van der Waals surface area contributed by atoms with Crippen molar-refractivity contribution in [2.75, 3.05) is 6.54 Å². The second kappa shape index (κ2) is 6.62. The van der Waals surface area contributed by atoms with Crippen LogP contribution in [0.25, 0.3) is 0 Å². The molecule has 0 unspecified atom stereocenters. The number of halogens is 1. The number of nitrogens with one attached hydrogen (secondary N) is 1. The topological polar surface area (TPSA) is 48.7 Å². The number of rotatable bonds is 5. The van der Waals surface area contributed by atoms with Crippen molar-refractivity contribution in [1.82, 2.24) is 10.3 Å². The van der Waals surface area contributed by atoms with Gasteiger partial charge in [0.25, 0.3) is 0 Å². The summed E-state index contributed by atoms with van der Waals surface area (Å²) < 4.78 is 12.7. The maximum atomic E-state index is 12.7.